The third kappa shape index (κ3) is 4.48. The fourth-order valence-electron chi connectivity index (χ4n) is 6.60. The number of aliphatic hydroxyl groups excluding tert-OH is 2. The number of benzene rings is 2. The lowest BCUT2D eigenvalue weighted by atomic mass is 9.58. The Hall–Kier alpha value is -4.88. The fourth-order valence-corrected chi connectivity index (χ4v) is 6.60. The molecule has 0 saturated heterocycles. The molecule has 43 heavy (non-hydrogen) atoms. The molecule has 3 aliphatic carbocycles. The number of carbonyl (C=O) groups excluding carboxylic acids is 4. The second kappa shape index (κ2) is 10.4. The maximum atomic E-state index is 14.1. The molecular formula is C30H33N5O8. The molecule has 4 atom stereocenters. The summed E-state index contributed by atoms with van der Waals surface area (Å²) in [6.07, 6.45) is 0.0883. The number of phenolic OH excluding ortho intramolecular Hbond substituents is 1. The van der Waals surface area contributed by atoms with Crippen LogP contribution in [-0.4, -0.2) is 88.7 Å². The number of hydrogen-bond acceptors (Lipinski definition) is 10. The number of primary amides is 1. The molecule has 0 aliphatic heterocycles. The Morgan fingerprint density at radius 3 is 2.26 bits per heavy atom. The molecule has 13 nitrogen and oxygen atoms in total. The van der Waals surface area contributed by atoms with Crippen LogP contribution < -0.4 is 21.3 Å². The second-order valence-electron chi connectivity index (χ2n) is 11.4. The quantitative estimate of drug-likeness (QED) is 0.198. The molecule has 3 amide bonds. The average molecular weight is 592 g/mol. The number of fused-ring (bicyclic) bond motifs is 3. The minimum Gasteiger partial charge on any atom is -0.510 e. The number of nitrogens with one attached hydrogen (secondary N) is 2. The Morgan fingerprint density at radius 1 is 1.02 bits per heavy atom. The maximum Gasteiger partial charge on any atom is 0.323 e. The topological polar surface area (TPSA) is 206 Å². The van der Waals surface area contributed by atoms with Crippen LogP contribution in [0.25, 0.3) is 0 Å². The van der Waals surface area contributed by atoms with E-state index in [1.807, 2.05) is 0 Å². The van der Waals surface area contributed by atoms with Gasteiger partial charge in [0.1, 0.15) is 17.1 Å². The Kier molecular flexibility index (Phi) is 7.19. The summed E-state index contributed by atoms with van der Waals surface area (Å²) in [7, 11) is 6.59. The van der Waals surface area contributed by atoms with Gasteiger partial charge < -0.3 is 41.7 Å². The first-order valence-corrected chi connectivity index (χ1v) is 13.5. The van der Waals surface area contributed by atoms with Gasteiger partial charge in [-0.05, 0) is 56.6 Å². The van der Waals surface area contributed by atoms with Crippen molar-refractivity contribution in [3.8, 4) is 5.75 Å². The number of aromatic hydroxyl groups is 1. The van der Waals surface area contributed by atoms with Crippen molar-refractivity contribution < 1.29 is 39.6 Å². The zero-order chi connectivity index (χ0) is 31.5. The van der Waals surface area contributed by atoms with Gasteiger partial charge in [-0.15, -0.1) is 0 Å². The summed E-state index contributed by atoms with van der Waals surface area (Å²) in [6.45, 7) is 0. The van der Waals surface area contributed by atoms with E-state index in [1.165, 1.54) is 11.0 Å². The van der Waals surface area contributed by atoms with Crippen molar-refractivity contribution in [1.82, 2.24) is 4.90 Å². The van der Waals surface area contributed by atoms with Crippen LogP contribution in [0.2, 0.25) is 0 Å². The van der Waals surface area contributed by atoms with Crippen molar-refractivity contribution in [3.63, 3.8) is 0 Å². The highest BCUT2D eigenvalue weighted by atomic mass is 16.3. The summed E-state index contributed by atoms with van der Waals surface area (Å²) in [4.78, 5) is 55.7. The van der Waals surface area contributed by atoms with Crippen LogP contribution in [0, 0.1) is 11.8 Å². The summed E-state index contributed by atoms with van der Waals surface area (Å²) >= 11 is 0. The first-order chi connectivity index (χ1) is 20.2. The van der Waals surface area contributed by atoms with E-state index in [0.717, 1.165) is 0 Å². The molecular weight excluding hydrogens is 558 g/mol. The zero-order valence-corrected chi connectivity index (χ0v) is 24.0. The third-order valence-corrected chi connectivity index (χ3v) is 8.46. The van der Waals surface area contributed by atoms with E-state index in [9.17, 15) is 39.6 Å². The van der Waals surface area contributed by atoms with Gasteiger partial charge in [-0.3, -0.25) is 19.3 Å². The maximum absolute atomic E-state index is 14.1. The SMILES string of the molecule is CN(C)c1cc(NC(=O)Nc2ccccc2)c(O)c2c1CC1CC3[C@H](N(C)C)C(O)=C(C(N)=O)C(=O)[C@@]3(O)C(O)=C1C2=O. The number of phenols is 1. The third-order valence-electron chi connectivity index (χ3n) is 8.46. The number of urea groups is 1. The minimum absolute atomic E-state index is 0.0289. The van der Waals surface area contributed by atoms with Gasteiger partial charge in [-0.25, -0.2) is 4.79 Å². The first kappa shape index (κ1) is 29.6. The van der Waals surface area contributed by atoms with Gasteiger partial charge in [0, 0.05) is 37.0 Å². The lowest BCUT2D eigenvalue weighted by Crippen LogP contribution is -2.63. The number of likely N-dealkylation sites (N-methyl/N-ethyl adjacent to an activating group) is 1. The van der Waals surface area contributed by atoms with Gasteiger partial charge in [0.15, 0.2) is 17.1 Å². The number of Topliss-reactive ketones (excluding diaryl/α,β-unsaturated/α-hetero) is 2. The van der Waals surface area contributed by atoms with E-state index < -0.39 is 69.8 Å². The molecule has 0 spiro atoms. The number of para-hydroxylation sites is 1. The molecule has 0 aromatic heterocycles. The van der Waals surface area contributed by atoms with Gasteiger partial charge in [-0.1, -0.05) is 18.2 Å². The summed E-state index contributed by atoms with van der Waals surface area (Å²) < 4.78 is 0. The number of carbonyl (C=O) groups is 4. The molecule has 0 radical (unpaired) electrons. The van der Waals surface area contributed by atoms with E-state index >= 15 is 0 Å². The molecule has 8 N–H and O–H groups in total. The van der Waals surface area contributed by atoms with Gasteiger partial charge >= 0.3 is 6.03 Å². The van der Waals surface area contributed by atoms with Crippen molar-refractivity contribution in [1.29, 1.82) is 0 Å². The molecule has 226 valence electrons. The zero-order valence-electron chi connectivity index (χ0n) is 24.0. The van der Waals surface area contributed by atoms with E-state index in [0.29, 0.717) is 16.9 Å². The normalized spacial score (nSPS) is 24.7. The lowest BCUT2D eigenvalue weighted by molar-refractivity contribution is -0.148. The van der Waals surface area contributed by atoms with Crippen LogP contribution in [-0.2, 0) is 16.0 Å². The van der Waals surface area contributed by atoms with Crippen LogP contribution in [0.1, 0.15) is 22.3 Å². The van der Waals surface area contributed by atoms with E-state index in [1.54, 1.807) is 63.4 Å². The number of allylic oxidation sites excluding steroid dienone is 1. The number of nitrogens with zero attached hydrogens (tertiary/aromatic N) is 2. The minimum atomic E-state index is -2.74. The number of nitrogens with two attached hydrogens (primary N) is 1. The van der Waals surface area contributed by atoms with Crippen LogP contribution in [0.5, 0.6) is 5.75 Å². The molecule has 5 rings (SSSR count). The van der Waals surface area contributed by atoms with Crippen LogP contribution in [0.15, 0.2) is 59.1 Å². The smallest absolute Gasteiger partial charge is 0.323 e. The molecule has 2 unspecified atom stereocenters. The molecule has 0 bridgehead atoms. The molecule has 0 fully saturated rings. The molecule has 2 aromatic carbocycles. The Bertz CT molecular complexity index is 1630. The van der Waals surface area contributed by atoms with Crippen molar-refractivity contribution >= 4 is 40.6 Å². The van der Waals surface area contributed by atoms with Crippen molar-refractivity contribution in [2.24, 2.45) is 17.6 Å². The van der Waals surface area contributed by atoms with Crippen molar-refractivity contribution in [3.05, 3.63) is 70.2 Å². The standard InChI is InChI=1S/C30H33N5O8/c1-34(2)18-12-17(33-29(42)32-14-8-6-5-7-9-14)23(36)20-15(18)10-13-11-16-22(35(3)4)25(38)21(28(31)41)27(40)30(16,43)26(39)19(13)24(20)37/h5-9,12-13,16,22,36,38-39,43H,10-11H2,1-4H3,(H2,31,41)(H2,32,33,42)/t13?,16?,22-,30-/m0/s1. The number of ketones is 2. The molecule has 3 aliphatic rings. The summed E-state index contributed by atoms with van der Waals surface area (Å²) in [6, 6.07) is 8.35. The largest absolute Gasteiger partial charge is 0.510 e. The highest BCUT2D eigenvalue weighted by Crippen LogP contribution is 2.53. The highest BCUT2D eigenvalue weighted by molar-refractivity contribution is 6.25. The highest BCUT2D eigenvalue weighted by Gasteiger charge is 2.63. The van der Waals surface area contributed by atoms with Crippen molar-refractivity contribution in [2.75, 3.05) is 43.7 Å². The number of aliphatic hydroxyl groups is 3. The molecule has 0 heterocycles. The predicted molar refractivity (Wildman–Crippen MR) is 157 cm³/mol. The van der Waals surface area contributed by atoms with E-state index in [4.69, 9.17) is 5.73 Å². The number of amides is 3. The Labute approximate surface area is 246 Å². The van der Waals surface area contributed by atoms with Gasteiger partial charge in [0.25, 0.3) is 5.91 Å². The van der Waals surface area contributed by atoms with E-state index in [2.05, 4.69) is 10.6 Å². The van der Waals surface area contributed by atoms with E-state index in [-0.39, 0.29) is 29.7 Å². The monoisotopic (exact) mass is 591 g/mol. The summed E-state index contributed by atoms with van der Waals surface area (Å²) in [5, 5.41) is 50.7. The number of rotatable bonds is 5. The summed E-state index contributed by atoms with van der Waals surface area (Å²) in [5.41, 5.74) is 2.64. The van der Waals surface area contributed by atoms with Gasteiger partial charge in [0.05, 0.1) is 17.3 Å². The summed E-state index contributed by atoms with van der Waals surface area (Å²) in [5.74, 6) is -7.45. The average Bonchev–Trinajstić information content (AvgIpc) is 2.92. The van der Waals surface area contributed by atoms with Crippen LogP contribution in [0.3, 0.4) is 0 Å². The first-order valence-electron chi connectivity index (χ1n) is 13.5. The van der Waals surface area contributed by atoms with Gasteiger partial charge in [0.2, 0.25) is 5.78 Å². The van der Waals surface area contributed by atoms with Crippen molar-refractivity contribution in [2.45, 2.75) is 24.5 Å². The Morgan fingerprint density at radius 2 is 1.67 bits per heavy atom. The second-order valence-corrected chi connectivity index (χ2v) is 11.4. The molecule has 0 saturated carbocycles. The van der Waals surface area contributed by atoms with Crippen LogP contribution >= 0.6 is 0 Å². The molecule has 2 aromatic rings. The molecule has 13 heteroatoms. The predicted octanol–water partition coefficient (Wildman–Crippen LogP) is 1.83. The number of anilines is 3. The Balaban J connectivity index is 1.63. The number of hydrogen-bond donors (Lipinski definition) is 7. The lowest BCUT2D eigenvalue weighted by Gasteiger charge is -2.50. The van der Waals surface area contributed by atoms with Crippen LogP contribution in [0.4, 0.5) is 21.9 Å². The van der Waals surface area contributed by atoms with Gasteiger partial charge in [-0.2, -0.15) is 0 Å². The fraction of sp³-hybridized carbons (Fsp3) is 0.333.